The monoisotopic (exact) mass is 583 g/mol. The van der Waals surface area contributed by atoms with Gasteiger partial charge in [0, 0.05) is 32.8 Å². The summed E-state index contributed by atoms with van der Waals surface area (Å²) in [5.41, 5.74) is 6.81. The number of sulfonamides is 1. The molecule has 0 spiro atoms. The number of carbonyl (C=O) groups is 1. The average molecular weight is 584 g/mol. The van der Waals surface area contributed by atoms with Gasteiger partial charge < -0.3 is 25.6 Å². The molecule has 0 heterocycles. The fourth-order valence-corrected chi connectivity index (χ4v) is 6.71. The van der Waals surface area contributed by atoms with Gasteiger partial charge in [0.2, 0.25) is 10.0 Å². The molecule has 10 heteroatoms. The van der Waals surface area contributed by atoms with Crippen molar-refractivity contribution in [3.63, 3.8) is 0 Å². The van der Waals surface area contributed by atoms with Crippen LogP contribution in [-0.4, -0.2) is 69.7 Å². The van der Waals surface area contributed by atoms with Crippen LogP contribution in [0.2, 0.25) is 0 Å². The first-order valence-corrected chi connectivity index (χ1v) is 16.3. The molecule has 1 fully saturated rings. The van der Waals surface area contributed by atoms with Gasteiger partial charge in [0.25, 0.3) is 5.91 Å². The Balaban J connectivity index is 1.90. The second kappa shape index (κ2) is 16.7. The lowest BCUT2D eigenvalue weighted by molar-refractivity contribution is 0.0928. The molecule has 9 nitrogen and oxygen atoms in total. The lowest BCUT2D eigenvalue weighted by Crippen LogP contribution is -2.52. The van der Waals surface area contributed by atoms with Gasteiger partial charge >= 0.3 is 0 Å². The maximum atomic E-state index is 13.1. The van der Waals surface area contributed by atoms with Crippen molar-refractivity contribution in [1.29, 1.82) is 0 Å². The standard InChI is InChI=1S/C30H53N3O6S/c1-22(2)23(20-32-29(35)25-15-9-10-16-28(25)39-18-12-11-17-38-5)19-26(31)27(34)21-33-40(36,37)30(3,4)24-13-7-6-8-14-24/h9-10,15-16,22-24,26-27,33-34H,6-8,11-14,17-21,31H2,1-5H3,(H,32,35)/t23-,26+,27+/m1/s1. The van der Waals surface area contributed by atoms with Crippen LogP contribution in [0.4, 0.5) is 0 Å². The minimum absolute atomic E-state index is 0.00832. The summed E-state index contributed by atoms with van der Waals surface area (Å²) in [7, 11) is -1.98. The van der Waals surface area contributed by atoms with Crippen LogP contribution in [-0.2, 0) is 14.8 Å². The van der Waals surface area contributed by atoms with Gasteiger partial charge in [-0.1, -0.05) is 45.2 Å². The molecule has 0 saturated heterocycles. The van der Waals surface area contributed by atoms with E-state index in [0.29, 0.717) is 37.5 Å². The first-order valence-electron chi connectivity index (χ1n) is 14.8. The number of benzene rings is 1. The van der Waals surface area contributed by atoms with Crippen LogP contribution in [0.5, 0.6) is 5.75 Å². The molecule has 0 radical (unpaired) electrons. The predicted octanol–water partition coefficient (Wildman–Crippen LogP) is 3.85. The number of methoxy groups -OCH3 is 1. The highest BCUT2D eigenvalue weighted by molar-refractivity contribution is 7.90. The molecule has 0 bridgehead atoms. The lowest BCUT2D eigenvalue weighted by Gasteiger charge is -2.36. The van der Waals surface area contributed by atoms with Crippen LogP contribution >= 0.6 is 0 Å². The van der Waals surface area contributed by atoms with Crippen molar-refractivity contribution in [2.24, 2.45) is 23.5 Å². The van der Waals surface area contributed by atoms with Gasteiger partial charge in [-0.05, 0) is 75.8 Å². The Hall–Kier alpha value is -1.72. The Morgan fingerprint density at radius 3 is 2.40 bits per heavy atom. The van der Waals surface area contributed by atoms with Crippen LogP contribution < -0.4 is 20.5 Å². The fourth-order valence-electron chi connectivity index (χ4n) is 5.28. The molecule has 1 aliphatic carbocycles. The van der Waals surface area contributed by atoms with E-state index in [1.54, 1.807) is 39.2 Å². The van der Waals surface area contributed by atoms with Crippen molar-refractivity contribution in [2.45, 2.75) is 96.0 Å². The number of ether oxygens (including phenoxy) is 2. The van der Waals surface area contributed by atoms with Gasteiger partial charge in [-0.3, -0.25) is 4.79 Å². The minimum Gasteiger partial charge on any atom is -0.493 e. The van der Waals surface area contributed by atoms with Crippen molar-refractivity contribution < 1.29 is 27.8 Å². The second-order valence-electron chi connectivity index (χ2n) is 12.0. The summed E-state index contributed by atoms with van der Waals surface area (Å²) in [6.45, 7) is 9.05. The highest BCUT2D eigenvalue weighted by Gasteiger charge is 2.42. The number of aliphatic hydroxyl groups excluding tert-OH is 1. The van der Waals surface area contributed by atoms with E-state index in [1.165, 1.54) is 0 Å². The van der Waals surface area contributed by atoms with Crippen molar-refractivity contribution in [1.82, 2.24) is 10.0 Å². The topological polar surface area (TPSA) is 140 Å². The first kappa shape index (κ1) is 34.5. The molecule has 1 amide bonds. The largest absolute Gasteiger partial charge is 0.493 e. The predicted molar refractivity (Wildman–Crippen MR) is 160 cm³/mol. The number of nitrogens with two attached hydrogens (primary N) is 1. The molecule has 230 valence electrons. The Bertz CT molecular complexity index is 995. The maximum Gasteiger partial charge on any atom is 0.255 e. The summed E-state index contributed by atoms with van der Waals surface area (Å²) in [6, 6.07) is 6.51. The quantitative estimate of drug-likeness (QED) is 0.193. The van der Waals surface area contributed by atoms with Crippen molar-refractivity contribution in [3.05, 3.63) is 29.8 Å². The number of unbranched alkanes of at least 4 members (excludes halogenated alkanes) is 1. The normalized spacial score (nSPS) is 17.4. The highest BCUT2D eigenvalue weighted by atomic mass is 32.2. The SMILES string of the molecule is COCCCCOc1ccccc1C(=O)NC[C@@H](C[C@H](N)[C@@H](O)CNS(=O)(=O)C(C)(C)C1CCCCC1)C(C)C. The third kappa shape index (κ3) is 10.3. The lowest BCUT2D eigenvalue weighted by atomic mass is 9.81. The third-order valence-corrected chi connectivity index (χ3v) is 10.7. The molecule has 3 atom stereocenters. The summed E-state index contributed by atoms with van der Waals surface area (Å²) in [6.07, 6.45) is 6.17. The Labute approximate surface area is 242 Å². The number of aliphatic hydroxyl groups is 1. The van der Waals surface area contributed by atoms with Gasteiger partial charge in [-0.2, -0.15) is 0 Å². The van der Waals surface area contributed by atoms with Crippen molar-refractivity contribution >= 4 is 15.9 Å². The van der Waals surface area contributed by atoms with E-state index in [-0.39, 0.29) is 30.2 Å². The number of hydrogen-bond acceptors (Lipinski definition) is 7. The van der Waals surface area contributed by atoms with Crippen LogP contribution in [0.25, 0.3) is 0 Å². The average Bonchev–Trinajstić information content (AvgIpc) is 2.94. The highest BCUT2D eigenvalue weighted by Crippen LogP contribution is 2.37. The van der Waals surface area contributed by atoms with E-state index in [4.69, 9.17) is 15.2 Å². The summed E-state index contributed by atoms with van der Waals surface area (Å²) >= 11 is 0. The zero-order valence-corrected chi connectivity index (χ0v) is 26.0. The zero-order valence-electron chi connectivity index (χ0n) is 25.2. The van der Waals surface area contributed by atoms with E-state index in [1.807, 2.05) is 19.9 Å². The van der Waals surface area contributed by atoms with Crippen LogP contribution in [0.1, 0.15) is 89.4 Å². The van der Waals surface area contributed by atoms with Gasteiger partial charge in [0.15, 0.2) is 0 Å². The molecule has 1 aromatic carbocycles. The minimum atomic E-state index is -3.64. The molecule has 1 saturated carbocycles. The van der Waals surface area contributed by atoms with Crippen molar-refractivity contribution in [2.75, 3.05) is 33.4 Å². The number of para-hydroxylation sites is 1. The number of rotatable bonds is 18. The summed E-state index contributed by atoms with van der Waals surface area (Å²) in [4.78, 5) is 13.0. The van der Waals surface area contributed by atoms with Gasteiger partial charge in [-0.25, -0.2) is 13.1 Å². The Kier molecular flexibility index (Phi) is 14.4. The van der Waals surface area contributed by atoms with Gasteiger partial charge in [-0.15, -0.1) is 0 Å². The molecular formula is C30H53N3O6S. The first-order chi connectivity index (χ1) is 18.9. The fraction of sp³-hybridized carbons (Fsp3) is 0.767. The number of carbonyl (C=O) groups excluding carboxylic acids is 1. The summed E-state index contributed by atoms with van der Waals surface area (Å²) < 4.78 is 38.9. The molecule has 2 rings (SSSR count). The molecule has 5 N–H and O–H groups in total. The molecule has 0 aliphatic heterocycles. The summed E-state index contributed by atoms with van der Waals surface area (Å²) in [5, 5.41) is 13.8. The van der Waals surface area contributed by atoms with E-state index in [0.717, 1.165) is 44.9 Å². The van der Waals surface area contributed by atoms with E-state index in [9.17, 15) is 18.3 Å². The second-order valence-corrected chi connectivity index (χ2v) is 14.4. The number of nitrogens with one attached hydrogen (secondary N) is 2. The van der Waals surface area contributed by atoms with Crippen LogP contribution in [0.15, 0.2) is 24.3 Å². The van der Waals surface area contributed by atoms with E-state index >= 15 is 0 Å². The molecule has 1 aliphatic rings. The van der Waals surface area contributed by atoms with Crippen LogP contribution in [0.3, 0.4) is 0 Å². The molecule has 0 aromatic heterocycles. The molecule has 0 unspecified atom stereocenters. The molecule has 40 heavy (non-hydrogen) atoms. The van der Waals surface area contributed by atoms with Gasteiger partial charge in [0.1, 0.15) is 5.75 Å². The smallest absolute Gasteiger partial charge is 0.255 e. The Morgan fingerprint density at radius 1 is 1.10 bits per heavy atom. The zero-order chi connectivity index (χ0) is 29.8. The van der Waals surface area contributed by atoms with E-state index < -0.39 is 26.9 Å². The number of hydrogen-bond donors (Lipinski definition) is 4. The Morgan fingerprint density at radius 2 is 1.75 bits per heavy atom. The summed E-state index contributed by atoms with van der Waals surface area (Å²) in [5.74, 6) is 0.586. The van der Waals surface area contributed by atoms with Gasteiger partial charge in [0.05, 0.1) is 23.0 Å². The maximum absolute atomic E-state index is 13.1. The van der Waals surface area contributed by atoms with Crippen LogP contribution in [0, 0.1) is 17.8 Å². The van der Waals surface area contributed by atoms with E-state index in [2.05, 4.69) is 10.0 Å². The molecule has 1 aromatic rings. The molecular weight excluding hydrogens is 530 g/mol. The van der Waals surface area contributed by atoms with Crippen molar-refractivity contribution in [3.8, 4) is 5.75 Å². The third-order valence-electron chi connectivity index (χ3n) is 8.43. The number of amides is 1.